The van der Waals surface area contributed by atoms with Gasteiger partial charge in [-0.25, -0.2) is 0 Å². The Morgan fingerprint density at radius 3 is 2.44 bits per heavy atom. The van der Waals surface area contributed by atoms with E-state index in [9.17, 15) is 4.79 Å². The first-order chi connectivity index (χ1) is 8.70. The molecule has 0 radical (unpaired) electrons. The third-order valence-corrected chi connectivity index (χ3v) is 4.18. The summed E-state index contributed by atoms with van der Waals surface area (Å²) in [6.07, 6.45) is 0. The first-order valence-electron chi connectivity index (χ1n) is 5.24. The van der Waals surface area contributed by atoms with Crippen molar-refractivity contribution in [2.75, 3.05) is 13.7 Å². The number of benzene rings is 1. The third-order valence-electron chi connectivity index (χ3n) is 2.30. The van der Waals surface area contributed by atoms with Gasteiger partial charge in [-0.2, -0.15) is 0 Å². The number of rotatable bonds is 5. The molecule has 0 amide bonds. The van der Waals surface area contributed by atoms with Crippen molar-refractivity contribution in [1.29, 1.82) is 0 Å². The zero-order valence-electron chi connectivity index (χ0n) is 9.68. The number of thiophene rings is 1. The predicted octanol–water partition coefficient (Wildman–Crippen LogP) is 3.78. The molecule has 2 rings (SSSR count). The zero-order chi connectivity index (χ0) is 13.0. The van der Waals surface area contributed by atoms with Gasteiger partial charge in [-0.15, -0.1) is 11.3 Å². The van der Waals surface area contributed by atoms with E-state index in [1.807, 2.05) is 11.4 Å². The molecule has 0 N–H and O–H groups in total. The van der Waals surface area contributed by atoms with Crippen molar-refractivity contribution >= 4 is 33.0 Å². The third kappa shape index (κ3) is 3.11. The lowest BCUT2D eigenvalue weighted by Gasteiger charge is -2.05. The van der Waals surface area contributed by atoms with Crippen molar-refractivity contribution in [3.63, 3.8) is 0 Å². The predicted molar refractivity (Wildman–Crippen MR) is 74.8 cm³/mol. The van der Waals surface area contributed by atoms with Crippen LogP contribution in [-0.2, 0) is 0 Å². The molecule has 18 heavy (non-hydrogen) atoms. The average molecular weight is 327 g/mol. The van der Waals surface area contributed by atoms with Crippen LogP contribution in [0, 0.1) is 0 Å². The molecular formula is C13H11BrO3S. The van der Waals surface area contributed by atoms with E-state index in [0.29, 0.717) is 10.6 Å². The van der Waals surface area contributed by atoms with Gasteiger partial charge in [-0.1, -0.05) is 0 Å². The SMILES string of the molecule is COc1ccc(OCC(=O)c2sccc2Br)cc1. The Kier molecular flexibility index (Phi) is 4.38. The lowest BCUT2D eigenvalue weighted by molar-refractivity contribution is 0.0925. The van der Waals surface area contributed by atoms with E-state index in [4.69, 9.17) is 9.47 Å². The lowest BCUT2D eigenvalue weighted by Crippen LogP contribution is -2.10. The van der Waals surface area contributed by atoms with Crippen LogP contribution in [-0.4, -0.2) is 19.5 Å². The standard InChI is InChI=1S/C13H11BrO3S/c1-16-9-2-4-10(5-3-9)17-8-12(15)13-11(14)6-7-18-13/h2-7H,8H2,1H3. The van der Waals surface area contributed by atoms with Crippen molar-refractivity contribution in [3.05, 3.63) is 45.1 Å². The molecule has 3 nitrogen and oxygen atoms in total. The van der Waals surface area contributed by atoms with Gasteiger partial charge in [0.1, 0.15) is 11.5 Å². The summed E-state index contributed by atoms with van der Waals surface area (Å²) in [6, 6.07) is 8.98. The highest BCUT2D eigenvalue weighted by Gasteiger charge is 2.12. The summed E-state index contributed by atoms with van der Waals surface area (Å²) in [4.78, 5) is 12.5. The van der Waals surface area contributed by atoms with Crippen LogP contribution in [0.25, 0.3) is 0 Å². The lowest BCUT2D eigenvalue weighted by atomic mass is 10.3. The van der Waals surface area contributed by atoms with Crippen LogP contribution in [0.4, 0.5) is 0 Å². The van der Waals surface area contributed by atoms with Crippen LogP contribution in [0.15, 0.2) is 40.2 Å². The summed E-state index contributed by atoms with van der Waals surface area (Å²) in [5.41, 5.74) is 0. The van der Waals surface area contributed by atoms with Crippen molar-refractivity contribution in [3.8, 4) is 11.5 Å². The van der Waals surface area contributed by atoms with Gasteiger partial charge in [0, 0.05) is 4.47 Å². The van der Waals surface area contributed by atoms with Crippen LogP contribution in [0.5, 0.6) is 11.5 Å². The summed E-state index contributed by atoms with van der Waals surface area (Å²) in [5, 5.41) is 1.87. The molecule has 0 spiro atoms. The number of carbonyl (C=O) groups excluding carboxylic acids is 1. The highest BCUT2D eigenvalue weighted by atomic mass is 79.9. The Hall–Kier alpha value is -1.33. The van der Waals surface area contributed by atoms with Gasteiger partial charge < -0.3 is 9.47 Å². The zero-order valence-corrected chi connectivity index (χ0v) is 12.1. The summed E-state index contributed by atoms with van der Waals surface area (Å²) in [7, 11) is 1.60. The molecule has 0 aliphatic carbocycles. The number of hydrogen-bond donors (Lipinski definition) is 0. The van der Waals surface area contributed by atoms with Gasteiger partial charge in [0.15, 0.2) is 6.61 Å². The summed E-state index contributed by atoms with van der Waals surface area (Å²) in [6.45, 7) is 0.0332. The van der Waals surface area contributed by atoms with Crippen LogP contribution in [0.1, 0.15) is 9.67 Å². The van der Waals surface area contributed by atoms with Gasteiger partial charge in [-0.3, -0.25) is 4.79 Å². The highest BCUT2D eigenvalue weighted by Crippen LogP contribution is 2.23. The molecule has 1 heterocycles. The Morgan fingerprint density at radius 1 is 1.22 bits per heavy atom. The average Bonchev–Trinajstić information content (AvgIpc) is 2.83. The van der Waals surface area contributed by atoms with E-state index in [0.717, 1.165) is 10.2 Å². The Labute approximate surface area is 117 Å². The number of ketones is 1. The Morgan fingerprint density at radius 2 is 1.89 bits per heavy atom. The number of methoxy groups -OCH3 is 1. The molecule has 1 aromatic carbocycles. The van der Waals surface area contributed by atoms with Crippen LogP contribution < -0.4 is 9.47 Å². The quantitative estimate of drug-likeness (QED) is 0.784. The van der Waals surface area contributed by atoms with Gasteiger partial charge in [0.25, 0.3) is 0 Å². The molecule has 0 aliphatic rings. The second-order valence-electron chi connectivity index (χ2n) is 3.49. The molecule has 0 saturated carbocycles. The van der Waals surface area contributed by atoms with E-state index in [2.05, 4.69) is 15.9 Å². The highest BCUT2D eigenvalue weighted by molar-refractivity contribution is 9.10. The van der Waals surface area contributed by atoms with Crippen molar-refractivity contribution in [2.45, 2.75) is 0 Å². The first-order valence-corrected chi connectivity index (χ1v) is 6.91. The fourth-order valence-electron chi connectivity index (χ4n) is 1.38. The molecule has 0 fully saturated rings. The molecule has 94 valence electrons. The largest absolute Gasteiger partial charge is 0.497 e. The van der Waals surface area contributed by atoms with Crippen molar-refractivity contribution in [2.24, 2.45) is 0 Å². The van der Waals surface area contributed by atoms with Crippen LogP contribution in [0.3, 0.4) is 0 Å². The molecule has 1 aromatic heterocycles. The van der Waals surface area contributed by atoms with Crippen molar-refractivity contribution < 1.29 is 14.3 Å². The maximum Gasteiger partial charge on any atom is 0.211 e. The summed E-state index contributed by atoms with van der Waals surface area (Å²) in [5.74, 6) is 1.37. The molecular weight excluding hydrogens is 316 g/mol. The maximum atomic E-state index is 11.9. The molecule has 2 aromatic rings. The van der Waals surface area contributed by atoms with E-state index < -0.39 is 0 Å². The van der Waals surface area contributed by atoms with Gasteiger partial charge in [0.05, 0.1) is 12.0 Å². The van der Waals surface area contributed by atoms with E-state index in [1.165, 1.54) is 11.3 Å². The molecule has 0 bridgehead atoms. The fraction of sp³-hybridized carbons (Fsp3) is 0.154. The summed E-state index contributed by atoms with van der Waals surface area (Å²) < 4.78 is 11.3. The number of Topliss-reactive ketones (excluding diaryl/α,β-unsaturated/α-hetero) is 1. The topological polar surface area (TPSA) is 35.5 Å². The van der Waals surface area contributed by atoms with Gasteiger partial charge in [-0.05, 0) is 51.6 Å². The molecule has 5 heteroatoms. The van der Waals surface area contributed by atoms with E-state index in [1.54, 1.807) is 31.4 Å². The maximum absolute atomic E-state index is 11.9. The Bertz CT molecular complexity index is 533. The monoisotopic (exact) mass is 326 g/mol. The molecule has 0 aliphatic heterocycles. The van der Waals surface area contributed by atoms with Crippen molar-refractivity contribution in [1.82, 2.24) is 0 Å². The smallest absolute Gasteiger partial charge is 0.211 e. The van der Waals surface area contributed by atoms with E-state index in [-0.39, 0.29) is 12.4 Å². The number of carbonyl (C=O) groups is 1. The van der Waals surface area contributed by atoms with E-state index >= 15 is 0 Å². The minimum absolute atomic E-state index is 0.0332. The minimum atomic E-state index is -0.0345. The minimum Gasteiger partial charge on any atom is -0.497 e. The summed E-state index contributed by atoms with van der Waals surface area (Å²) >= 11 is 4.73. The number of ether oxygens (including phenoxy) is 2. The molecule has 0 atom stereocenters. The molecule has 0 unspecified atom stereocenters. The second kappa shape index (κ2) is 6.02. The first kappa shape index (κ1) is 13.1. The number of hydrogen-bond acceptors (Lipinski definition) is 4. The van der Waals surface area contributed by atoms with Gasteiger partial charge >= 0.3 is 0 Å². The van der Waals surface area contributed by atoms with Crippen LogP contribution in [0.2, 0.25) is 0 Å². The van der Waals surface area contributed by atoms with Gasteiger partial charge in [0.2, 0.25) is 5.78 Å². The van der Waals surface area contributed by atoms with Crippen LogP contribution >= 0.6 is 27.3 Å². The fourth-order valence-corrected chi connectivity index (χ4v) is 2.90. The normalized spacial score (nSPS) is 10.1. The number of halogens is 1. The second-order valence-corrected chi connectivity index (χ2v) is 5.26. The molecule has 0 saturated heterocycles. The Balaban J connectivity index is 1.95.